The van der Waals surface area contributed by atoms with Crippen molar-refractivity contribution in [2.75, 3.05) is 13.2 Å². The van der Waals surface area contributed by atoms with Crippen LogP contribution in [0, 0.1) is 0 Å². The summed E-state index contributed by atoms with van der Waals surface area (Å²) in [5.41, 5.74) is 10.9. The number of hydrogen-bond acceptors (Lipinski definition) is 7. The fraction of sp³-hybridized carbons (Fsp3) is 0.261. The first-order valence-electron chi connectivity index (χ1n) is 10.1. The van der Waals surface area contributed by atoms with Crippen LogP contribution in [0.25, 0.3) is 11.1 Å². The van der Waals surface area contributed by atoms with Gasteiger partial charge in [-0.05, 0) is 29.2 Å². The van der Waals surface area contributed by atoms with Gasteiger partial charge in [-0.2, -0.15) is 0 Å². The maximum Gasteiger partial charge on any atom is 0.407 e. The molecule has 0 saturated carbocycles. The summed E-state index contributed by atoms with van der Waals surface area (Å²) in [7, 11) is 0. The van der Waals surface area contributed by atoms with Crippen LogP contribution in [-0.4, -0.2) is 36.3 Å². The molecule has 0 radical (unpaired) electrons. The minimum absolute atomic E-state index is 0.102. The number of amides is 1. The Bertz CT molecular complexity index is 1090. The number of nitrogens with one attached hydrogen (secondary N) is 1. The van der Waals surface area contributed by atoms with E-state index in [0.717, 1.165) is 22.3 Å². The van der Waals surface area contributed by atoms with Gasteiger partial charge in [0.05, 0.1) is 18.3 Å². The van der Waals surface area contributed by atoms with E-state index in [-0.39, 0.29) is 29.6 Å². The van der Waals surface area contributed by atoms with Crippen molar-refractivity contribution in [3.05, 3.63) is 76.4 Å². The van der Waals surface area contributed by atoms with E-state index >= 15 is 0 Å². The third kappa shape index (κ3) is 4.39. The number of halogens is 1. The summed E-state index contributed by atoms with van der Waals surface area (Å²) in [4.78, 5) is 29.4. The molecule has 0 spiro atoms. The Morgan fingerprint density at radius 3 is 2.31 bits per heavy atom. The first-order chi connectivity index (χ1) is 15.5. The Morgan fingerprint density at radius 1 is 1.12 bits per heavy atom. The minimum Gasteiger partial charge on any atom is -0.464 e. The van der Waals surface area contributed by atoms with Gasteiger partial charge in [0.15, 0.2) is 6.04 Å². The lowest BCUT2D eigenvalue weighted by Crippen LogP contribution is -2.49. The van der Waals surface area contributed by atoms with Gasteiger partial charge in [-0.3, -0.25) is 0 Å². The molecule has 0 bridgehead atoms. The SMILES string of the molecule is CCOC(=O)[C@@H](NC(=O)OCC1c2ccccc2-c2ccccc21)[C@H](N)c1coc(Br)n1. The largest absolute Gasteiger partial charge is 0.464 e. The number of esters is 1. The number of rotatable bonds is 7. The van der Waals surface area contributed by atoms with Crippen LogP contribution in [0.1, 0.15) is 35.7 Å². The Kier molecular flexibility index (Phi) is 6.57. The smallest absolute Gasteiger partial charge is 0.407 e. The van der Waals surface area contributed by atoms with Crippen molar-refractivity contribution >= 4 is 28.0 Å². The molecular weight excluding hydrogens is 478 g/mol. The summed E-state index contributed by atoms with van der Waals surface area (Å²) in [6, 6.07) is 13.9. The van der Waals surface area contributed by atoms with Gasteiger partial charge in [0.2, 0.25) is 0 Å². The van der Waals surface area contributed by atoms with Gasteiger partial charge in [0.25, 0.3) is 4.80 Å². The number of aromatic nitrogens is 1. The fourth-order valence-corrected chi connectivity index (χ4v) is 4.18. The first-order valence-corrected chi connectivity index (χ1v) is 10.9. The van der Waals surface area contributed by atoms with Gasteiger partial charge in [0.1, 0.15) is 12.9 Å². The fourth-order valence-electron chi connectivity index (χ4n) is 3.88. The van der Waals surface area contributed by atoms with Crippen LogP contribution < -0.4 is 11.1 Å². The van der Waals surface area contributed by atoms with Crippen LogP contribution in [0.5, 0.6) is 0 Å². The van der Waals surface area contributed by atoms with Crippen LogP contribution >= 0.6 is 15.9 Å². The highest BCUT2D eigenvalue weighted by Gasteiger charge is 2.33. The van der Waals surface area contributed by atoms with E-state index < -0.39 is 24.1 Å². The highest BCUT2D eigenvalue weighted by Crippen LogP contribution is 2.44. The van der Waals surface area contributed by atoms with E-state index in [9.17, 15) is 9.59 Å². The van der Waals surface area contributed by atoms with E-state index in [1.807, 2.05) is 36.4 Å². The molecule has 1 amide bonds. The maximum atomic E-state index is 12.6. The second kappa shape index (κ2) is 9.54. The number of nitrogens with two attached hydrogens (primary N) is 1. The second-order valence-electron chi connectivity index (χ2n) is 7.25. The Labute approximate surface area is 193 Å². The lowest BCUT2D eigenvalue weighted by atomic mass is 9.98. The number of ether oxygens (including phenoxy) is 2. The molecule has 1 aliphatic rings. The molecule has 2 aromatic carbocycles. The molecule has 166 valence electrons. The summed E-state index contributed by atoms with van der Waals surface area (Å²) >= 11 is 3.10. The van der Waals surface area contributed by atoms with E-state index in [0.29, 0.717) is 0 Å². The summed E-state index contributed by atoms with van der Waals surface area (Å²) < 4.78 is 15.7. The van der Waals surface area contributed by atoms with Gasteiger partial charge >= 0.3 is 12.1 Å². The van der Waals surface area contributed by atoms with Gasteiger partial charge < -0.3 is 24.9 Å². The van der Waals surface area contributed by atoms with Crippen LogP contribution in [0.4, 0.5) is 4.79 Å². The van der Waals surface area contributed by atoms with Crippen molar-refractivity contribution in [1.29, 1.82) is 0 Å². The van der Waals surface area contributed by atoms with Crippen LogP contribution in [-0.2, 0) is 14.3 Å². The second-order valence-corrected chi connectivity index (χ2v) is 7.93. The molecule has 0 unspecified atom stereocenters. The molecule has 0 aliphatic heterocycles. The maximum absolute atomic E-state index is 12.6. The van der Waals surface area contributed by atoms with Crippen molar-refractivity contribution in [2.24, 2.45) is 5.73 Å². The van der Waals surface area contributed by atoms with Crippen molar-refractivity contribution in [1.82, 2.24) is 10.3 Å². The first kappa shape index (κ1) is 22.0. The molecule has 0 fully saturated rings. The van der Waals surface area contributed by atoms with E-state index in [1.54, 1.807) is 6.92 Å². The van der Waals surface area contributed by atoms with Gasteiger partial charge in [-0.1, -0.05) is 48.5 Å². The van der Waals surface area contributed by atoms with Crippen LogP contribution in [0.2, 0.25) is 0 Å². The van der Waals surface area contributed by atoms with Gasteiger partial charge in [-0.25, -0.2) is 14.6 Å². The predicted molar refractivity (Wildman–Crippen MR) is 120 cm³/mol. The van der Waals surface area contributed by atoms with Gasteiger partial charge in [0, 0.05) is 21.8 Å². The van der Waals surface area contributed by atoms with Crippen molar-refractivity contribution in [2.45, 2.75) is 24.9 Å². The molecule has 3 aromatic rings. The molecule has 1 aromatic heterocycles. The van der Waals surface area contributed by atoms with Crippen LogP contribution in [0.3, 0.4) is 0 Å². The molecular formula is C23H22BrN3O5. The van der Waals surface area contributed by atoms with Crippen LogP contribution in [0.15, 0.2) is 64.0 Å². The normalized spacial score (nSPS) is 14.2. The number of hydrogen-bond donors (Lipinski definition) is 2. The van der Waals surface area contributed by atoms with E-state index in [2.05, 4.69) is 38.4 Å². The van der Waals surface area contributed by atoms with Crippen molar-refractivity contribution in [3.63, 3.8) is 0 Å². The third-order valence-electron chi connectivity index (χ3n) is 5.35. The standard InChI is InChI=1S/C23H22BrN3O5/c1-2-30-21(28)20(19(25)18-12-31-22(24)26-18)27-23(29)32-11-17-15-9-5-3-7-13(15)14-8-4-6-10-16(14)17/h3-10,12,17,19-20H,2,11,25H2,1H3,(H,27,29)/t19-,20+/m1/s1. The van der Waals surface area contributed by atoms with E-state index in [1.165, 1.54) is 6.26 Å². The highest BCUT2D eigenvalue weighted by atomic mass is 79.9. The Balaban J connectivity index is 1.47. The Morgan fingerprint density at radius 2 is 1.75 bits per heavy atom. The zero-order valence-corrected chi connectivity index (χ0v) is 18.9. The van der Waals surface area contributed by atoms with Crippen molar-refractivity contribution < 1.29 is 23.5 Å². The molecule has 0 saturated heterocycles. The molecule has 32 heavy (non-hydrogen) atoms. The number of nitrogens with zero attached hydrogens (tertiary/aromatic N) is 1. The average molecular weight is 500 g/mol. The quantitative estimate of drug-likeness (QED) is 0.473. The van der Waals surface area contributed by atoms with Crippen molar-refractivity contribution in [3.8, 4) is 11.1 Å². The van der Waals surface area contributed by atoms with Gasteiger partial charge in [-0.15, -0.1) is 0 Å². The number of oxazole rings is 1. The topological polar surface area (TPSA) is 117 Å². The zero-order chi connectivity index (χ0) is 22.7. The number of fused-ring (bicyclic) bond motifs is 3. The molecule has 3 N–H and O–H groups in total. The molecule has 1 aliphatic carbocycles. The molecule has 8 nitrogen and oxygen atoms in total. The average Bonchev–Trinajstić information content (AvgIpc) is 3.37. The summed E-state index contributed by atoms with van der Waals surface area (Å²) in [6.45, 7) is 1.91. The number of benzene rings is 2. The number of carbonyl (C=O) groups excluding carboxylic acids is 2. The lowest BCUT2D eigenvalue weighted by Gasteiger charge is -2.22. The molecule has 2 atom stereocenters. The monoisotopic (exact) mass is 499 g/mol. The lowest BCUT2D eigenvalue weighted by molar-refractivity contribution is -0.146. The molecule has 4 rings (SSSR count). The minimum atomic E-state index is -1.19. The highest BCUT2D eigenvalue weighted by molar-refractivity contribution is 9.10. The molecule has 9 heteroatoms. The number of alkyl carbamates (subject to hydrolysis) is 1. The number of carbonyl (C=O) groups is 2. The third-order valence-corrected chi connectivity index (χ3v) is 5.72. The summed E-state index contributed by atoms with van der Waals surface area (Å²) in [5.74, 6) is -0.790. The predicted octanol–water partition coefficient (Wildman–Crippen LogP) is 3.91. The Hall–Kier alpha value is -3.17. The summed E-state index contributed by atoms with van der Waals surface area (Å²) in [6.07, 6.45) is 0.531. The zero-order valence-electron chi connectivity index (χ0n) is 17.3. The molecule has 1 heterocycles. The summed E-state index contributed by atoms with van der Waals surface area (Å²) in [5, 5.41) is 2.52. The van der Waals surface area contributed by atoms with E-state index in [4.69, 9.17) is 19.6 Å².